The van der Waals surface area contributed by atoms with Gasteiger partial charge in [-0.15, -0.1) is 10.2 Å². The van der Waals surface area contributed by atoms with Crippen LogP contribution in [0.15, 0.2) is 54.9 Å². The molecule has 1 atom stereocenters. The van der Waals surface area contributed by atoms with Crippen molar-refractivity contribution in [1.82, 2.24) is 30.2 Å². The number of rotatable bonds is 6. The predicted molar refractivity (Wildman–Crippen MR) is 183 cm³/mol. The van der Waals surface area contributed by atoms with Gasteiger partial charge in [0.05, 0.1) is 17.9 Å². The molecule has 2 aromatic heterocycles. The van der Waals surface area contributed by atoms with E-state index in [1.165, 1.54) is 54.6 Å². The number of nitrogens with two attached hydrogens (primary N) is 1. The molecular weight excluding hydrogens is 623 g/mol. The van der Waals surface area contributed by atoms with E-state index in [1.807, 2.05) is 10.9 Å². The highest BCUT2D eigenvalue weighted by molar-refractivity contribution is 6.02. The number of hydrogen-bond acceptors (Lipinski definition) is 9. The van der Waals surface area contributed by atoms with Crippen LogP contribution in [0.1, 0.15) is 74.5 Å². The molecule has 0 unspecified atom stereocenters. The fourth-order valence-electron chi connectivity index (χ4n) is 8.60. The lowest BCUT2D eigenvalue weighted by atomic mass is 9.79. The van der Waals surface area contributed by atoms with Crippen LogP contribution in [0.2, 0.25) is 0 Å². The van der Waals surface area contributed by atoms with E-state index in [0.717, 1.165) is 44.5 Å². The second-order valence-corrected chi connectivity index (χ2v) is 13.9. The Balaban J connectivity index is 0.879. The minimum Gasteiger partial charge on any atom is -0.504 e. The number of likely N-dealkylation sites (tertiary alicyclic amines) is 1. The SMILES string of the molecule is Nc1nnc(-c2cccc(F)c2O)cc1-c1cnn(C2CCN(C3CCC(c4cccc5c4CCN5[C@@H]4CCC(=O)NC4=O)CC3)CC2)c1. The third-order valence-electron chi connectivity index (χ3n) is 11.2. The Morgan fingerprint density at radius 2 is 1.67 bits per heavy atom. The summed E-state index contributed by atoms with van der Waals surface area (Å²) in [4.78, 5) is 29.2. The van der Waals surface area contributed by atoms with E-state index in [4.69, 9.17) is 5.73 Å². The number of fused-ring (bicyclic) bond motifs is 1. The van der Waals surface area contributed by atoms with Crippen LogP contribution < -0.4 is 16.0 Å². The Morgan fingerprint density at radius 3 is 2.47 bits per heavy atom. The maximum atomic E-state index is 14.0. The molecule has 1 saturated carbocycles. The van der Waals surface area contributed by atoms with Gasteiger partial charge >= 0.3 is 0 Å². The van der Waals surface area contributed by atoms with Crippen LogP contribution >= 0.6 is 0 Å². The number of aromatic nitrogens is 4. The fourth-order valence-corrected chi connectivity index (χ4v) is 8.60. The first-order chi connectivity index (χ1) is 23.8. The lowest BCUT2D eigenvalue weighted by Crippen LogP contribution is -2.52. The number of benzene rings is 2. The number of amides is 2. The molecule has 3 fully saturated rings. The fraction of sp³-hybridized carbons (Fsp3) is 0.432. The van der Waals surface area contributed by atoms with Crippen molar-refractivity contribution in [3.8, 4) is 28.1 Å². The van der Waals surface area contributed by atoms with E-state index in [9.17, 15) is 19.1 Å². The minimum atomic E-state index is -0.718. The summed E-state index contributed by atoms with van der Waals surface area (Å²) in [5.74, 6) is -0.739. The molecule has 8 rings (SSSR count). The summed E-state index contributed by atoms with van der Waals surface area (Å²) in [5, 5.41) is 25.6. The van der Waals surface area contributed by atoms with Crippen molar-refractivity contribution in [2.45, 2.75) is 81.8 Å². The largest absolute Gasteiger partial charge is 0.504 e. The summed E-state index contributed by atoms with van der Waals surface area (Å²) < 4.78 is 16.0. The number of nitrogen functional groups attached to an aromatic ring is 1. The van der Waals surface area contributed by atoms with Crippen LogP contribution in [-0.2, 0) is 16.0 Å². The monoisotopic (exact) mass is 664 g/mol. The number of nitrogens with one attached hydrogen (secondary N) is 1. The Morgan fingerprint density at radius 1 is 0.878 bits per heavy atom. The molecule has 4 aliphatic rings. The molecule has 11 nitrogen and oxygen atoms in total. The first-order valence-electron chi connectivity index (χ1n) is 17.5. The lowest BCUT2D eigenvalue weighted by Gasteiger charge is -2.41. The highest BCUT2D eigenvalue weighted by Gasteiger charge is 2.37. The zero-order valence-electron chi connectivity index (χ0n) is 27.4. The lowest BCUT2D eigenvalue weighted by molar-refractivity contribution is -0.134. The standard InChI is InChI=1S/C37H41FN8O3/c38-30-5-1-4-28(35(30)48)31-19-29(36(39)43-42-31)23-20-40-46(21-23)25-13-16-44(17-14-25)24-9-7-22(8-10-24)26-3-2-6-32-27(26)15-18-45(32)33-11-12-34(47)41-37(33)49/h1-6,19-22,24-25,33,48H,7-18H2,(H2,39,43)(H,41,47,49)/t22?,24?,33-/m1/s1. The van der Waals surface area contributed by atoms with Crippen LogP contribution in [0.25, 0.3) is 22.4 Å². The number of nitrogens with zero attached hydrogens (tertiary/aromatic N) is 6. The summed E-state index contributed by atoms with van der Waals surface area (Å²) in [6.45, 7) is 2.88. The van der Waals surface area contributed by atoms with Gasteiger partial charge in [-0.05, 0) is 92.7 Å². The predicted octanol–water partition coefficient (Wildman–Crippen LogP) is 4.97. The van der Waals surface area contributed by atoms with Crippen molar-refractivity contribution < 1.29 is 19.1 Å². The van der Waals surface area contributed by atoms with E-state index >= 15 is 0 Å². The molecular formula is C37H41FN8O3. The summed E-state index contributed by atoms with van der Waals surface area (Å²) >= 11 is 0. The number of hydrogen-bond donors (Lipinski definition) is 3. The molecule has 0 bridgehead atoms. The van der Waals surface area contributed by atoms with Crippen molar-refractivity contribution in [3.63, 3.8) is 0 Å². The third kappa shape index (κ3) is 5.92. The minimum absolute atomic E-state index is 0.166. The number of piperidine rings is 2. The Bertz CT molecular complexity index is 1900. The zero-order valence-corrected chi connectivity index (χ0v) is 27.4. The van der Waals surface area contributed by atoms with Crippen LogP contribution in [0.4, 0.5) is 15.9 Å². The number of carbonyl (C=O) groups is 2. The van der Waals surface area contributed by atoms with Crippen LogP contribution in [0.5, 0.6) is 5.75 Å². The Kier molecular flexibility index (Phi) is 8.26. The summed E-state index contributed by atoms with van der Waals surface area (Å²) in [7, 11) is 0. The quantitative estimate of drug-likeness (QED) is 0.244. The van der Waals surface area contributed by atoms with Gasteiger partial charge in [0.1, 0.15) is 6.04 Å². The molecule has 49 heavy (non-hydrogen) atoms. The highest BCUT2D eigenvalue weighted by Crippen LogP contribution is 2.43. The van der Waals surface area contributed by atoms with Crippen LogP contribution in [0.3, 0.4) is 0 Å². The molecule has 4 aromatic rings. The second kappa shape index (κ2) is 12.9. The molecule has 254 valence electrons. The summed E-state index contributed by atoms with van der Waals surface area (Å²) in [6, 6.07) is 13.2. The van der Waals surface area contributed by atoms with Gasteiger partial charge in [-0.25, -0.2) is 4.39 Å². The average Bonchev–Trinajstić information content (AvgIpc) is 3.78. The maximum Gasteiger partial charge on any atom is 0.249 e. The third-order valence-corrected chi connectivity index (χ3v) is 11.2. The molecule has 2 amide bonds. The van der Waals surface area contributed by atoms with Gasteiger partial charge in [0.15, 0.2) is 17.4 Å². The van der Waals surface area contributed by atoms with Crippen molar-refractivity contribution in [3.05, 3.63) is 71.8 Å². The van der Waals surface area contributed by atoms with E-state index in [2.05, 4.69) is 48.6 Å². The number of imide groups is 1. The van der Waals surface area contributed by atoms with Gasteiger partial charge in [-0.2, -0.15) is 5.10 Å². The first-order valence-corrected chi connectivity index (χ1v) is 17.5. The van der Waals surface area contributed by atoms with Crippen LogP contribution in [0, 0.1) is 5.82 Å². The first kappa shape index (κ1) is 31.4. The topological polar surface area (TPSA) is 142 Å². The van der Waals surface area contributed by atoms with Gasteiger partial charge in [0.2, 0.25) is 11.8 Å². The second-order valence-electron chi connectivity index (χ2n) is 13.9. The normalized spacial score (nSPS) is 23.4. The smallest absolute Gasteiger partial charge is 0.249 e. The van der Waals surface area contributed by atoms with E-state index in [1.54, 1.807) is 18.3 Å². The van der Waals surface area contributed by atoms with E-state index in [-0.39, 0.29) is 35.3 Å². The highest BCUT2D eigenvalue weighted by atomic mass is 19.1. The number of phenols is 1. The van der Waals surface area contributed by atoms with Gasteiger partial charge < -0.3 is 20.6 Å². The molecule has 0 radical (unpaired) electrons. The molecule has 3 aliphatic heterocycles. The molecule has 0 spiro atoms. The molecule has 12 heteroatoms. The van der Waals surface area contributed by atoms with Crippen molar-refractivity contribution >= 4 is 23.3 Å². The van der Waals surface area contributed by atoms with Gasteiger partial charge in [-0.3, -0.25) is 19.6 Å². The Hall–Kier alpha value is -4.84. The average molecular weight is 665 g/mol. The van der Waals surface area contributed by atoms with Crippen molar-refractivity contribution in [2.75, 3.05) is 30.3 Å². The van der Waals surface area contributed by atoms with Crippen molar-refractivity contribution in [1.29, 1.82) is 0 Å². The van der Waals surface area contributed by atoms with Crippen LogP contribution in [-0.4, -0.2) is 73.5 Å². The number of phenolic OH excluding ortho intramolecular Hbond substituents is 1. The van der Waals surface area contributed by atoms with Gasteiger partial charge in [-0.1, -0.05) is 18.2 Å². The summed E-state index contributed by atoms with van der Waals surface area (Å²) in [5.41, 5.74) is 12.2. The molecule has 1 aliphatic carbocycles. The van der Waals surface area contributed by atoms with Gasteiger partial charge in [0, 0.05) is 60.7 Å². The number of carbonyl (C=O) groups excluding carboxylic acids is 2. The number of anilines is 2. The molecule has 4 N–H and O–H groups in total. The summed E-state index contributed by atoms with van der Waals surface area (Å²) in [6.07, 6.45) is 12.4. The van der Waals surface area contributed by atoms with E-state index < -0.39 is 11.6 Å². The molecule has 2 aromatic carbocycles. The zero-order chi connectivity index (χ0) is 33.6. The maximum absolute atomic E-state index is 14.0. The molecule has 5 heterocycles. The number of halogens is 1. The van der Waals surface area contributed by atoms with E-state index in [0.29, 0.717) is 36.1 Å². The molecule has 2 saturated heterocycles. The Labute approximate surface area is 284 Å². The number of para-hydroxylation sites is 1. The van der Waals surface area contributed by atoms with Crippen molar-refractivity contribution in [2.24, 2.45) is 0 Å². The number of aromatic hydroxyl groups is 1. The van der Waals surface area contributed by atoms with Gasteiger partial charge in [0.25, 0.3) is 0 Å².